The molecule has 0 atom stereocenters. The summed E-state index contributed by atoms with van der Waals surface area (Å²) in [6, 6.07) is -0.599. The minimum atomic E-state index is -0.963. The molecule has 3 N–H and O–H groups in total. The van der Waals surface area contributed by atoms with E-state index in [9.17, 15) is 14.4 Å². The van der Waals surface area contributed by atoms with Crippen molar-refractivity contribution >= 4 is 17.9 Å². The zero-order chi connectivity index (χ0) is 16.0. The van der Waals surface area contributed by atoms with Gasteiger partial charge in [0.05, 0.1) is 5.69 Å². The largest absolute Gasteiger partial charge is 0.481 e. The molecule has 8 heteroatoms. The summed E-state index contributed by atoms with van der Waals surface area (Å²) in [5, 5.41) is 17.4. The molecular formula is C13H20N4O4. The highest BCUT2D eigenvalue weighted by atomic mass is 16.4. The maximum atomic E-state index is 11.6. The average molecular weight is 296 g/mol. The van der Waals surface area contributed by atoms with Gasteiger partial charge in [0.25, 0.3) is 0 Å². The molecule has 1 aromatic rings. The molecule has 3 amide bonds. The van der Waals surface area contributed by atoms with Crippen LogP contribution in [0.25, 0.3) is 0 Å². The summed E-state index contributed by atoms with van der Waals surface area (Å²) in [5.41, 5.74) is 2.68. The van der Waals surface area contributed by atoms with Gasteiger partial charge >= 0.3 is 12.0 Å². The summed E-state index contributed by atoms with van der Waals surface area (Å²) in [6.45, 7) is 4.02. The Hall–Kier alpha value is -2.38. The number of carboxylic acid groups (broad SMARTS) is 1. The van der Waals surface area contributed by atoms with Crippen molar-refractivity contribution in [2.24, 2.45) is 7.05 Å². The van der Waals surface area contributed by atoms with E-state index in [-0.39, 0.29) is 25.8 Å². The maximum Gasteiger partial charge on any atom is 0.321 e. The summed E-state index contributed by atoms with van der Waals surface area (Å²) >= 11 is 0. The average Bonchev–Trinajstić information content (AvgIpc) is 2.60. The number of rotatable bonds is 6. The van der Waals surface area contributed by atoms with Gasteiger partial charge in [0.15, 0.2) is 0 Å². The second kappa shape index (κ2) is 7.41. The van der Waals surface area contributed by atoms with Crippen LogP contribution in [0.3, 0.4) is 0 Å². The number of hydrogen-bond acceptors (Lipinski definition) is 4. The Labute approximate surface area is 122 Å². The summed E-state index contributed by atoms with van der Waals surface area (Å²) in [6.07, 6.45) is 0.114. The fourth-order valence-corrected chi connectivity index (χ4v) is 1.88. The van der Waals surface area contributed by atoms with Crippen molar-refractivity contribution < 1.29 is 19.5 Å². The Morgan fingerprint density at radius 2 is 1.90 bits per heavy atom. The molecule has 0 aliphatic heterocycles. The van der Waals surface area contributed by atoms with Gasteiger partial charge in [-0.2, -0.15) is 5.10 Å². The molecule has 0 aliphatic carbocycles. The summed E-state index contributed by atoms with van der Waals surface area (Å²) in [7, 11) is 1.82. The van der Waals surface area contributed by atoms with Crippen LogP contribution in [0, 0.1) is 13.8 Å². The van der Waals surface area contributed by atoms with Crippen LogP contribution < -0.4 is 10.6 Å². The van der Waals surface area contributed by atoms with Crippen LogP contribution in [0.5, 0.6) is 0 Å². The molecule has 21 heavy (non-hydrogen) atoms. The van der Waals surface area contributed by atoms with E-state index in [0.717, 1.165) is 17.0 Å². The predicted octanol–water partition coefficient (Wildman–Crippen LogP) is 0.618. The first-order valence-corrected chi connectivity index (χ1v) is 6.59. The highest BCUT2D eigenvalue weighted by molar-refractivity contribution is 5.94. The third-order valence-corrected chi connectivity index (χ3v) is 3.13. The first-order valence-electron chi connectivity index (χ1n) is 6.59. The molecule has 0 bridgehead atoms. The van der Waals surface area contributed by atoms with Crippen LogP contribution in [-0.4, -0.2) is 32.8 Å². The lowest BCUT2D eigenvalue weighted by Gasteiger charge is -2.07. The molecule has 1 heterocycles. The lowest BCUT2D eigenvalue weighted by Crippen LogP contribution is -2.39. The number of hydrogen-bond donors (Lipinski definition) is 3. The number of aliphatic carboxylic acids is 1. The van der Waals surface area contributed by atoms with E-state index in [0.29, 0.717) is 0 Å². The van der Waals surface area contributed by atoms with Crippen LogP contribution >= 0.6 is 0 Å². The second-order valence-corrected chi connectivity index (χ2v) is 4.75. The predicted molar refractivity (Wildman–Crippen MR) is 74.5 cm³/mol. The lowest BCUT2D eigenvalue weighted by atomic mass is 10.2. The lowest BCUT2D eigenvalue weighted by molar-refractivity contribution is -0.137. The number of nitrogens with one attached hydrogen (secondary N) is 2. The fraction of sp³-hybridized carbons (Fsp3) is 0.538. The smallest absolute Gasteiger partial charge is 0.321 e. The Balaban J connectivity index is 2.37. The van der Waals surface area contributed by atoms with Gasteiger partial charge in [0.2, 0.25) is 5.91 Å². The number of amides is 3. The summed E-state index contributed by atoms with van der Waals surface area (Å²) in [5.74, 6) is -1.46. The third kappa shape index (κ3) is 5.25. The zero-order valence-corrected chi connectivity index (χ0v) is 12.4. The number of carbonyl (C=O) groups is 3. The van der Waals surface area contributed by atoms with Crippen molar-refractivity contribution in [3.8, 4) is 0 Å². The number of nitrogens with zero attached hydrogens (tertiary/aromatic N) is 2. The Bertz CT molecular complexity index is 551. The summed E-state index contributed by atoms with van der Waals surface area (Å²) in [4.78, 5) is 33.3. The van der Waals surface area contributed by atoms with E-state index < -0.39 is 17.9 Å². The van der Waals surface area contributed by atoms with Gasteiger partial charge in [-0.05, 0) is 20.3 Å². The van der Waals surface area contributed by atoms with Crippen molar-refractivity contribution in [1.82, 2.24) is 20.4 Å². The van der Waals surface area contributed by atoms with E-state index in [1.54, 1.807) is 4.68 Å². The van der Waals surface area contributed by atoms with Gasteiger partial charge in [0, 0.05) is 37.7 Å². The first-order chi connectivity index (χ1) is 9.81. The Morgan fingerprint density at radius 3 is 2.43 bits per heavy atom. The first kappa shape index (κ1) is 16.7. The maximum absolute atomic E-state index is 11.6. The molecule has 0 unspecified atom stereocenters. The Kier molecular flexibility index (Phi) is 5.89. The molecule has 0 fully saturated rings. The molecule has 0 radical (unpaired) electrons. The number of aromatic nitrogens is 2. The standard InChI is InChI=1S/C13H20N4O4/c1-8-10(9(2)17(3)16-8)7-14-13(21)15-11(18)5-4-6-12(19)20/h4-7H2,1-3H3,(H,19,20)(H2,14,15,18,21). The second-order valence-electron chi connectivity index (χ2n) is 4.75. The molecule has 8 nitrogen and oxygen atoms in total. The molecule has 0 saturated carbocycles. The fourth-order valence-electron chi connectivity index (χ4n) is 1.88. The van der Waals surface area contributed by atoms with Crippen LogP contribution in [-0.2, 0) is 23.2 Å². The zero-order valence-electron chi connectivity index (χ0n) is 12.4. The van der Waals surface area contributed by atoms with Gasteiger partial charge in [-0.15, -0.1) is 0 Å². The minimum absolute atomic E-state index is 0.00463. The van der Waals surface area contributed by atoms with Crippen molar-refractivity contribution in [3.63, 3.8) is 0 Å². The van der Waals surface area contributed by atoms with Crippen molar-refractivity contribution in [1.29, 1.82) is 0 Å². The van der Waals surface area contributed by atoms with E-state index in [4.69, 9.17) is 5.11 Å². The van der Waals surface area contributed by atoms with E-state index >= 15 is 0 Å². The molecular weight excluding hydrogens is 276 g/mol. The van der Waals surface area contributed by atoms with E-state index in [2.05, 4.69) is 15.7 Å². The molecule has 0 aromatic carbocycles. The van der Waals surface area contributed by atoms with E-state index in [1.807, 2.05) is 20.9 Å². The molecule has 0 aliphatic rings. The molecule has 1 aromatic heterocycles. The van der Waals surface area contributed by atoms with Crippen LogP contribution in [0.15, 0.2) is 0 Å². The van der Waals surface area contributed by atoms with Crippen molar-refractivity contribution in [2.75, 3.05) is 0 Å². The molecule has 1 rings (SSSR count). The van der Waals surface area contributed by atoms with Crippen molar-refractivity contribution in [2.45, 2.75) is 39.7 Å². The number of aryl methyl sites for hydroxylation is 2. The highest BCUT2D eigenvalue weighted by Gasteiger charge is 2.12. The number of urea groups is 1. The van der Waals surface area contributed by atoms with Gasteiger partial charge in [-0.3, -0.25) is 19.6 Å². The Morgan fingerprint density at radius 1 is 1.24 bits per heavy atom. The SMILES string of the molecule is Cc1nn(C)c(C)c1CNC(=O)NC(=O)CCCC(=O)O. The van der Waals surface area contributed by atoms with Crippen molar-refractivity contribution in [3.05, 3.63) is 17.0 Å². The van der Waals surface area contributed by atoms with Crippen LogP contribution in [0.1, 0.15) is 36.2 Å². The highest BCUT2D eigenvalue weighted by Crippen LogP contribution is 2.10. The van der Waals surface area contributed by atoms with Gasteiger partial charge < -0.3 is 10.4 Å². The third-order valence-electron chi connectivity index (χ3n) is 3.13. The van der Waals surface area contributed by atoms with E-state index in [1.165, 1.54) is 0 Å². The normalized spacial score (nSPS) is 10.2. The topological polar surface area (TPSA) is 113 Å². The molecule has 0 spiro atoms. The van der Waals surface area contributed by atoms with Gasteiger partial charge in [-0.25, -0.2) is 4.79 Å². The summed E-state index contributed by atoms with van der Waals surface area (Å²) < 4.78 is 1.72. The van der Waals surface area contributed by atoms with Crippen LogP contribution in [0.2, 0.25) is 0 Å². The van der Waals surface area contributed by atoms with Crippen LogP contribution in [0.4, 0.5) is 4.79 Å². The molecule has 0 saturated heterocycles. The minimum Gasteiger partial charge on any atom is -0.481 e. The van der Waals surface area contributed by atoms with Gasteiger partial charge in [0.1, 0.15) is 0 Å². The quantitative estimate of drug-likeness (QED) is 0.712. The monoisotopic (exact) mass is 296 g/mol. The van der Waals surface area contributed by atoms with Gasteiger partial charge in [-0.1, -0.05) is 0 Å². The number of carboxylic acids is 1. The molecule has 116 valence electrons. The number of imide groups is 1. The number of carbonyl (C=O) groups excluding carboxylic acids is 2.